The summed E-state index contributed by atoms with van der Waals surface area (Å²) in [5.41, 5.74) is 0.336. The fourth-order valence-corrected chi connectivity index (χ4v) is 3.15. The molecule has 0 bridgehead atoms. The Kier molecular flexibility index (Phi) is 4.78. The summed E-state index contributed by atoms with van der Waals surface area (Å²) in [4.78, 5) is 27.7. The van der Waals surface area contributed by atoms with Crippen LogP contribution in [0.1, 0.15) is 29.8 Å². The molecule has 2 aliphatic heterocycles. The highest BCUT2D eigenvalue weighted by Crippen LogP contribution is 2.21. The van der Waals surface area contributed by atoms with Crippen LogP contribution in [-0.2, 0) is 0 Å². The van der Waals surface area contributed by atoms with E-state index in [2.05, 4.69) is 26.8 Å². The molecule has 1 amide bonds. The maximum atomic E-state index is 12.8. The lowest BCUT2D eigenvalue weighted by Gasteiger charge is -2.21. The Labute approximate surface area is 136 Å². The van der Waals surface area contributed by atoms with Gasteiger partial charge in [-0.25, -0.2) is 9.97 Å². The predicted octanol–water partition coefficient (Wildman–Crippen LogP) is 1.51. The van der Waals surface area contributed by atoms with Gasteiger partial charge in [-0.2, -0.15) is 0 Å². The van der Waals surface area contributed by atoms with Gasteiger partial charge in [-0.1, -0.05) is 11.6 Å². The average molecular weight is 324 g/mol. The molecule has 2 saturated heterocycles. The predicted molar refractivity (Wildman–Crippen MR) is 86.5 cm³/mol. The molecule has 2 fully saturated rings. The number of aromatic nitrogens is 2. The van der Waals surface area contributed by atoms with Crippen molar-refractivity contribution in [2.75, 3.05) is 51.2 Å². The van der Waals surface area contributed by atoms with E-state index in [9.17, 15) is 4.79 Å². The van der Waals surface area contributed by atoms with Crippen molar-refractivity contribution in [3.8, 4) is 0 Å². The van der Waals surface area contributed by atoms with Crippen molar-refractivity contribution in [3.05, 3.63) is 16.9 Å². The fraction of sp³-hybridized carbons (Fsp3) is 0.667. The first-order valence-electron chi connectivity index (χ1n) is 7.90. The van der Waals surface area contributed by atoms with E-state index in [0.717, 1.165) is 52.0 Å². The van der Waals surface area contributed by atoms with Crippen LogP contribution in [0.4, 0.5) is 5.95 Å². The molecule has 0 N–H and O–H groups in total. The summed E-state index contributed by atoms with van der Waals surface area (Å²) in [6, 6.07) is 0. The minimum Gasteiger partial charge on any atom is -0.341 e. The minimum atomic E-state index is -0.0804. The first-order valence-corrected chi connectivity index (χ1v) is 8.28. The van der Waals surface area contributed by atoms with Crippen molar-refractivity contribution in [2.24, 2.45) is 0 Å². The number of hydrogen-bond donors (Lipinski definition) is 0. The number of halogens is 1. The Morgan fingerprint density at radius 2 is 1.86 bits per heavy atom. The zero-order valence-electron chi connectivity index (χ0n) is 13.0. The Hall–Kier alpha value is -1.40. The Balaban J connectivity index is 1.80. The van der Waals surface area contributed by atoms with Gasteiger partial charge in [0.2, 0.25) is 5.95 Å². The summed E-state index contributed by atoms with van der Waals surface area (Å²) >= 11 is 6.19. The number of anilines is 1. The molecule has 120 valence electrons. The molecule has 1 aromatic heterocycles. The number of rotatable bonds is 2. The van der Waals surface area contributed by atoms with E-state index < -0.39 is 0 Å². The van der Waals surface area contributed by atoms with E-state index in [4.69, 9.17) is 11.6 Å². The first-order chi connectivity index (χ1) is 10.6. The molecule has 0 atom stereocenters. The van der Waals surface area contributed by atoms with Crippen LogP contribution in [0.2, 0.25) is 5.02 Å². The van der Waals surface area contributed by atoms with Gasteiger partial charge in [-0.05, 0) is 32.9 Å². The summed E-state index contributed by atoms with van der Waals surface area (Å²) in [5, 5.41) is 0.338. The molecular weight excluding hydrogens is 302 g/mol. The highest BCUT2D eigenvalue weighted by Gasteiger charge is 2.24. The van der Waals surface area contributed by atoms with E-state index in [1.54, 1.807) is 6.20 Å². The van der Waals surface area contributed by atoms with Gasteiger partial charge < -0.3 is 14.7 Å². The van der Waals surface area contributed by atoms with E-state index >= 15 is 0 Å². The van der Waals surface area contributed by atoms with Crippen LogP contribution in [0.5, 0.6) is 0 Å². The molecular formula is C15H22ClN5O. The number of hydrogen-bond acceptors (Lipinski definition) is 5. The van der Waals surface area contributed by atoms with Gasteiger partial charge in [-0.15, -0.1) is 0 Å². The standard InChI is InChI=1S/C15H22ClN5O/c1-19-5-4-8-20(10-9-19)14(22)13-12(16)11-17-15(18-13)21-6-2-3-7-21/h11H,2-10H2,1H3. The van der Waals surface area contributed by atoms with Crippen LogP contribution < -0.4 is 4.90 Å². The molecule has 0 spiro atoms. The van der Waals surface area contributed by atoms with Gasteiger partial charge in [0.25, 0.3) is 5.91 Å². The van der Waals surface area contributed by atoms with E-state index in [0.29, 0.717) is 23.2 Å². The summed E-state index contributed by atoms with van der Waals surface area (Å²) < 4.78 is 0. The average Bonchev–Trinajstić information content (AvgIpc) is 2.96. The molecule has 2 aliphatic rings. The van der Waals surface area contributed by atoms with Crippen molar-refractivity contribution in [1.82, 2.24) is 19.8 Å². The molecule has 0 aromatic carbocycles. The van der Waals surface area contributed by atoms with Gasteiger partial charge >= 0.3 is 0 Å². The SMILES string of the molecule is CN1CCCN(C(=O)c2nc(N3CCCC3)ncc2Cl)CC1. The Morgan fingerprint density at radius 1 is 1.09 bits per heavy atom. The van der Waals surface area contributed by atoms with Crippen molar-refractivity contribution in [1.29, 1.82) is 0 Å². The molecule has 22 heavy (non-hydrogen) atoms. The van der Waals surface area contributed by atoms with E-state index in [-0.39, 0.29) is 5.91 Å². The molecule has 3 heterocycles. The lowest BCUT2D eigenvalue weighted by Crippen LogP contribution is -2.35. The first kappa shape index (κ1) is 15.5. The number of amides is 1. The number of nitrogens with zero attached hydrogens (tertiary/aromatic N) is 5. The van der Waals surface area contributed by atoms with Crippen LogP contribution in [0.15, 0.2) is 6.20 Å². The van der Waals surface area contributed by atoms with Crippen LogP contribution in [0.25, 0.3) is 0 Å². The maximum absolute atomic E-state index is 12.8. The van der Waals surface area contributed by atoms with Crippen molar-refractivity contribution in [2.45, 2.75) is 19.3 Å². The van der Waals surface area contributed by atoms with E-state index in [1.165, 1.54) is 0 Å². The van der Waals surface area contributed by atoms with Gasteiger partial charge in [-0.3, -0.25) is 4.79 Å². The maximum Gasteiger partial charge on any atom is 0.274 e. The summed E-state index contributed by atoms with van der Waals surface area (Å²) in [6.45, 7) is 5.26. The number of carbonyl (C=O) groups is 1. The lowest BCUT2D eigenvalue weighted by molar-refractivity contribution is 0.0757. The molecule has 0 saturated carbocycles. The monoisotopic (exact) mass is 323 g/mol. The van der Waals surface area contributed by atoms with Gasteiger partial charge in [0.15, 0.2) is 5.69 Å². The van der Waals surface area contributed by atoms with Crippen molar-refractivity contribution >= 4 is 23.5 Å². The normalized spacial score (nSPS) is 20.3. The molecule has 7 heteroatoms. The summed E-state index contributed by atoms with van der Waals surface area (Å²) in [7, 11) is 2.08. The van der Waals surface area contributed by atoms with Gasteiger partial charge in [0.05, 0.1) is 11.2 Å². The van der Waals surface area contributed by atoms with Crippen molar-refractivity contribution < 1.29 is 4.79 Å². The zero-order valence-corrected chi connectivity index (χ0v) is 13.7. The quantitative estimate of drug-likeness (QED) is 0.825. The van der Waals surface area contributed by atoms with Crippen LogP contribution in [0, 0.1) is 0 Å². The summed E-state index contributed by atoms with van der Waals surface area (Å²) in [5.74, 6) is 0.542. The Bertz CT molecular complexity index is 547. The zero-order chi connectivity index (χ0) is 15.5. The second-order valence-corrected chi connectivity index (χ2v) is 6.42. The second-order valence-electron chi connectivity index (χ2n) is 6.01. The second kappa shape index (κ2) is 6.79. The molecule has 0 radical (unpaired) electrons. The third-order valence-corrected chi connectivity index (χ3v) is 4.61. The smallest absolute Gasteiger partial charge is 0.274 e. The highest BCUT2D eigenvalue weighted by atomic mass is 35.5. The lowest BCUT2D eigenvalue weighted by atomic mass is 10.3. The number of carbonyl (C=O) groups excluding carboxylic acids is 1. The van der Waals surface area contributed by atoms with Crippen molar-refractivity contribution in [3.63, 3.8) is 0 Å². The van der Waals surface area contributed by atoms with Crippen LogP contribution in [-0.4, -0.2) is 72.0 Å². The van der Waals surface area contributed by atoms with Crippen LogP contribution in [0.3, 0.4) is 0 Å². The van der Waals surface area contributed by atoms with Gasteiger partial charge in [0, 0.05) is 32.7 Å². The van der Waals surface area contributed by atoms with Crippen LogP contribution >= 0.6 is 11.6 Å². The molecule has 6 nitrogen and oxygen atoms in total. The molecule has 1 aromatic rings. The molecule has 3 rings (SSSR count). The third-order valence-electron chi connectivity index (χ3n) is 4.33. The number of likely N-dealkylation sites (N-methyl/N-ethyl adjacent to an activating group) is 1. The topological polar surface area (TPSA) is 52.6 Å². The van der Waals surface area contributed by atoms with Gasteiger partial charge in [0.1, 0.15) is 0 Å². The largest absolute Gasteiger partial charge is 0.341 e. The summed E-state index contributed by atoms with van der Waals surface area (Å²) in [6.07, 6.45) is 4.82. The Morgan fingerprint density at radius 3 is 2.64 bits per heavy atom. The minimum absolute atomic E-state index is 0.0804. The molecule has 0 unspecified atom stereocenters. The highest BCUT2D eigenvalue weighted by molar-refractivity contribution is 6.33. The molecule has 0 aliphatic carbocycles. The van der Waals surface area contributed by atoms with E-state index in [1.807, 2.05) is 4.90 Å². The third kappa shape index (κ3) is 3.33. The fourth-order valence-electron chi connectivity index (χ4n) is 2.98.